The highest BCUT2D eigenvalue weighted by Gasteiger charge is 2.09. The van der Waals surface area contributed by atoms with Crippen LogP contribution in [0.4, 0.5) is 0 Å². The highest BCUT2D eigenvalue weighted by molar-refractivity contribution is 5.72. The largest absolute Gasteiger partial charge is 0.480 e. The van der Waals surface area contributed by atoms with E-state index in [0.717, 1.165) is 19.5 Å². The molecule has 0 unspecified atom stereocenters. The summed E-state index contributed by atoms with van der Waals surface area (Å²) in [4.78, 5) is 14.7. The Morgan fingerprint density at radius 3 is 2.45 bits per heavy atom. The average Bonchev–Trinajstić information content (AvgIpc) is 2.90. The number of rotatable bonds is 10. The standard InChI is InChI=1S/C10H20N2.C6H14N2O2/c1-3-4-5-6-7-12-9-8-11(2)10-12;7-4-2-1-3-5(8)6(9)10/h8-9H,3-7,10H2,1-2H3;5H,1-4,7-8H2,(H,9,10)/t;5-/m.0/s1. The first kappa shape index (κ1) is 20.7. The molecular weight excluding hydrogens is 280 g/mol. The minimum atomic E-state index is -0.933. The van der Waals surface area contributed by atoms with Crippen molar-refractivity contribution in [3.8, 4) is 0 Å². The lowest BCUT2D eigenvalue weighted by Crippen LogP contribution is -2.29. The summed E-state index contributed by atoms with van der Waals surface area (Å²) in [7, 11) is 2.11. The van der Waals surface area contributed by atoms with Crippen molar-refractivity contribution in [1.29, 1.82) is 0 Å². The highest BCUT2D eigenvalue weighted by Crippen LogP contribution is 2.06. The molecule has 0 aromatic carbocycles. The van der Waals surface area contributed by atoms with Gasteiger partial charge in [0.25, 0.3) is 0 Å². The summed E-state index contributed by atoms with van der Waals surface area (Å²) in [5, 5.41) is 8.33. The van der Waals surface area contributed by atoms with Crippen molar-refractivity contribution in [1.82, 2.24) is 9.80 Å². The first-order valence-electron chi connectivity index (χ1n) is 8.32. The Kier molecular flexibility index (Phi) is 12.6. The van der Waals surface area contributed by atoms with Crippen molar-refractivity contribution >= 4 is 5.97 Å². The maximum Gasteiger partial charge on any atom is 0.320 e. The summed E-state index contributed by atoms with van der Waals surface area (Å²) in [6, 6.07) is -0.716. The molecular formula is C16H34N4O2. The third-order valence-electron chi connectivity index (χ3n) is 3.52. The molecule has 1 atom stereocenters. The molecule has 130 valence electrons. The molecule has 5 N–H and O–H groups in total. The van der Waals surface area contributed by atoms with Gasteiger partial charge in [-0.2, -0.15) is 0 Å². The average molecular weight is 314 g/mol. The van der Waals surface area contributed by atoms with Gasteiger partial charge in [0, 0.05) is 26.0 Å². The van der Waals surface area contributed by atoms with E-state index < -0.39 is 12.0 Å². The Morgan fingerprint density at radius 2 is 1.95 bits per heavy atom. The maximum absolute atomic E-state index is 10.1. The number of aliphatic carboxylic acids is 1. The fourth-order valence-corrected chi connectivity index (χ4v) is 2.11. The van der Waals surface area contributed by atoms with Crippen LogP contribution in [0.15, 0.2) is 12.4 Å². The summed E-state index contributed by atoms with van der Waals surface area (Å²) >= 11 is 0. The van der Waals surface area contributed by atoms with E-state index in [4.69, 9.17) is 16.6 Å². The minimum absolute atomic E-state index is 0.520. The van der Waals surface area contributed by atoms with Crippen LogP contribution in [0.25, 0.3) is 0 Å². The number of hydrogen-bond acceptors (Lipinski definition) is 5. The number of carboxylic acid groups (broad SMARTS) is 1. The van der Waals surface area contributed by atoms with Crippen molar-refractivity contribution in [2.24, 2.45) is 11.5 Å². The molecule has 0 aromatic heterocycles. The lowest BCUT2D eigenvalue weighted by atomic mass is 10.1. The second-order valence-electron chi connectivity index (χ2n) is 5.80. The highest BCUT2D eigenvalue weighted by atomic mass is 16.4. The molecule has 0 saturated carbocycles. The molecule has 1 aliphatic heterocycles. The van der Waals surface area contributed by atoms with Crippen LogP contribution in [0.1, 0.15) is 51.9 Å². The van der Waals surface area contributed by atoms with Gasteiger partial charge in [0.2, 0.25) is 0 Å². The molecule has 6 nitrogen and oxygen atoms in total. The minimum Gasteiger partial charge on any atom is -0.480 e. The Balaban J connectivity index is 0.000000409. The molecule has 0 fully saturated rings. The van der Waals surface area contributed by atoms with Gasteiger partial charge in [-0.15, -0.1) is 0 Å². The van der Waals surface area contributed by atoms with Crippen LogP contribution >= 0.6 is 0 Å². The molecule has 0 aliphatic carbocycles. The van der Waals surface area contributed by atoms with Gasteiger partial charge in [-0.05, 0) is 25.8 Å². The van der Waals surface area contributed by atoms with E-state index in [1.807, 2.05) is 0 Å². The van der Waals surface area contributed by atoms with Crippen LogP contribution in [0.2, 0.25) is 0 Å². The quantitative estimate of drug-likeness (QED) is 0.532. The zero-order valence-electron chi connectivity index (χ0n) is 14.2. The van der Waals surface area contributed by atoms with Crippen molar-refractivity contribution in [2.45, 2.75) is 57.9 Å². The number of carboxylic acids is 1. The molecule has 6 heteroatoms. The summed E-state index contributed by atoms with van der Waals surface area (Å²) in [5.74, 6) is -0.933. The third-order valence-corrected chi connectivity index (χ3v) is 3.52. The number of nitrogens with zero attached hydrogens (tertiary/aromatic N) is 2. The monoisotopic (exact) mass is 314 g/mol. The van der Waals surface area contributed by atoms with E-state index in [1.165, 1.54) is 32.2 Å². The number of carbonyl (C=O) groups is 1. The van der Waals surface area contributed by atoms with E-state index in [0.29, 0.717) is 13.0 Å². The van der Waals surface area contributed by atoms with Crippen molar-refractivity contribution in [3.05, 3.63) is 12.4 Å². The predicted octanol–water partition coefficient (Wildman–Crippen LogP) is 1.77. The van der Waals surface area contributed by atoms with Crippen LogP contribution in [0.5, 0.6) is 0 Å². The van der Waals surface area contributed by atoms with E-state index in [-0.39, 0.29) is 0 Å². The topological polar surface area (TPSA) is 95.8 Å². The van der Waals surface area contributed by atoms with Gasteiger partial charge >= 0.3 is 5.97 Å². The molecule has 0 radical (unpaired) electrons. The lowest BCUT2D eigenvalue weighted by Gasteiger charge is -2.17. The van der Waals surface area contributed by atoms with Crippen LogP contribution in [-0.4, -0.2) is 53.7 Å². The number of unbranched alkanes of at least 4 members (excludes halogenated alkanes) is 4. The van der Waals surface area contributed by atoms with Gasteiger partial charge in [0.1, 0.15) is 6.04 Å². The molecule has 0 saturated heterocycles. The molecule has 1 heterocycles. The van der Waals surface area contributed by atoms with Crippen molar-refractivity contribution in [2.75, 3.05) is 26.8 Å². The first-order chi connectivity index (χ1) is 10.5. The summed E-state index contributed by atoms with van der Waals surface area (Å²) in [6.45, 7) is 5.16. The van der Waals surface area contributed by atoms with Gasteiger partial charge in [0.15, 0.2) is 0 Å². The van der Waals surface area contributed by atoms with Crippen LogP contribution in [0.3, 0.4) is 0 Å². The van der Waals surface area contributed by atoms with Gasteiger partial charge in [-0.1, -0.05) is 32.6 Å². The van der Waals surface area contributed by atoms with Crippen LogP contribution < -0.4 is 11.5 Å². The summed E-state index contributed by atoms with van der Waals surface area (Å²) in [6.07, 6.45) is 11.9. The Morgan fingerprint density at radius 1 is 1.23 bits per heavy atom. The molecule has 0 spiro atoms. The van der Waals surface area contributed by atoms with Gasteiger partial charge in [-0.3, -0.25) is 4.79 Å². The fraction of sp³-hybridized carbons (Fsp3) is 0.812. The Bertz CT molecular complexity index is 311. The number of nitrogens with two attached hydrogens (primary N) is 2. The molecule has 1 aliphatic rings. The van der Waals surface area contributed by atoms with Crippen LogP contribution in [0, 0.1) is 0 Å². The van der Waals surface area contributed by atoms with Crippen molar-refractivity contribution < 1.29 is 9.90 Å². The van der Waals surface area contributed by atoms with E-state index in [2.05, 4.69) is 36.2 Å². The summed E-state index contributed by atoms with van der Waals surface area (Å²) < 4.78 is 0. The molecule has 0 amide bonds. The number of hydrogen-bond donors (Lipinski definition) is 3. The van der Waals surface area contributed by atoms with Gasteiger partial charge in [0.05, 0.1) is 6.67 Å². The SMILES string of the molecule is CCCCCCN1C=CN(C)C1.NCCCC[C@H](N)C(=O)O. The Hall–Kier alpha value is -1.27. The second kappa shape index (κ2) is 13.4. The van der Waals surface area contributed by atoms with E-state index in [1.54, 1.807) is 0 Å². The van der Waals surface area contributed by atoms with Gasteiger partial charge in [-0.25, -0.2) is 0 Å². The van der Waals surface area contributed by atoms with Crippen LogP contribution in [-0.2, 0) is 4.79 Å². The fourth-order valence-electron chi connectivity index (χ4n) is 2.11. The molecule has 0 bridgehead atoms. The lowest BCUT2D eigenvalue weighted by molar-refractivity contribution is -0.138. The predicted molar refractivity (Wildman–Crippen MR) is 91.1 cm³/mol. The zero-order chi connectivity index (χ0) is 16.8. The zero-order valence-corrected chi connectivity index (χ0v) is 14.2. The van der Waals surface area contributed by atoms with Crippen molar-refractivity contribution in [3.63, 3.8) is 0 Å². The van der Waals surface area contributed by atoms with Gasteiger partial charge < -0.3 is 26.4 Å². The smallest absolute Gasteiger partial charge is 0.320 e. The molecule has 22 heavy (non-hydrogen) atoms. The van der Waals surface area contributed by atoms with E-state index >= 15 is 0 Å². The molecule has 1 rings (SSSR count). The Labute approximate surface area is 135 Å². The third kappa shape index (κ3) is 11.4. The normalized spacial score (nSPS) is 14.7. The second-order valence-corrected chi connectivity index (χ2v) is 5.80. The first-order valence-corrected chi connectivity index (χ1v) is 8.32. The summed E-state index contributed by atoms with van der Waals surface area (Å²) in [5.41, 5.74) is 10.4. The maximum atomic E-state index is 10.1. The molecule has 0 aromatic rings. The van der Waals surface area contributed by atoms with E-state index in [9.17, 15) is 4.79 Å².